The number of nitrogens with zero attached hydrogens (tertiary/aromatic N) is 1. The molecule has 0 aliphatic carbocycles. The second kappa shape index (κ2) is 8.65. The molecule has 1 amide bonds. The van der Waals surface area contributed by atoms with Gasteiger partial charge in [-0.05, 0) is 17.5 Å². The van der Waals surface area contributed by atoms with Crippen LogP contribution in [0.2, 0.25) is 0 Å². The van der Waals surface area contributed by atoms with Gasteiger partial charge in [0.2, 0.25) is 0 Å². The first-order valence-electron chi connectivity index (χ1n) is 8.63. The van der Waals surface area contributed by atoms with Crippen LogP contribution in [0.3, 0.4) is 0 Å². The number of carboxylic acid groups (broad SMARTS) is 1. The van der Waals surface area contributed by atoms with E-state index in [1.807, 2.05) is 48.5 Å². The smallest absolute Gasteiger partial charge is 0.407 e. The third kappa shape index (κ3) is 5.05. The lowest BCUT2D eigenvalue weighted by Crippen LogP contribution is -2.54. The maximum absolute atomic E-state index is 11.3. The lowest BCUT2D eigenvalue weighted by Gasteiger charge is -2.37. The number of amides is 1. The Morgan fingerprint density at radius 1 is 1.08 bits per heavy atom. The largest absolute Gasteiger partial charge is 0.465 e. The summed E-state index contributed by atoms with van der Waals surface area (Å²) in [7, 11) is 0. The highest BCUT2D eigenvalue weighted by atomic mass is 16.5. The minimum atomic E-state index is -0.880. The molecule has 2 atom stereocenters. The van der Waals surface area contributed by atoms with Crippen molar-refractivity contribution in [2.45, 2.75) is 31.7 Å². The zero-order valence-corrected chi connectivity index (χ0v) is 14.2. The van der Waals surface area contributed by atoms with Crippen molar-refractivity contribution < 1.29 is 14.6 Å². The summed E-state index contributed by atoms with van der Waals surface area (Å²) in [5.74, 6) is 0. The Balaban J connectivity index is 1.61. The van der Waals surface area contributed by atoms with Crippen molar-refractivity contribution in [3.8, 4) is 0 Å². The molecule has 0 aromatic heterocycles. The van der Waals surface area contributed by atoms with Crippen LogP contribution in [0.5, 0.6) is 0 Å². The van der Waals surface area contributed by atoms with Crippen molar-refractivity contribution in [2.75, 3.05) is 13.1 Å². The van der Waals surface area contributed by atoms with Crippen molar-refractivity contribution in [3.05, 3.63) is 71.8 Å². The molecule has 1 fully saturated rings. The van der Waals surface area contributed by atoms with E-state index in [2.05, 4.69) is 17.4 Å². The molecule has 0 saturated carbocycles. The Hall–Kier alpha value is -2.37. The maximum atomic E-state index is 11.3. The minimum Gasteiger partial charge on any atom is -0.465 e. The quantitative estimate of drug-likeness (QED) is 0.848. The first kappa shape index (κ1) is 17.5. The highest BCUT2D eigenvalue weighted by Crippen LogP contribution is 2.17. The number of benzene rings is 2. The summed E-state index contributed by atoms with van der Waals surface area (Å²) in [5.41, 5.74) is 2.31. The summed E-state index contributed by atoms with van der Waals surface area (Å²) in [6.07, 6.45) is -0.290. The number of nitrogens with one attached hydrogen (secondary N) is 1. The zero-order chi connectivity index (χ0) is 17.5. The topological polar surface area (TPSA) is 61.8 Å². The van der Waals surface area contributed by atoms with E-state index in [1.165, 1.54) is 10.5 Å². The zero-order valence-electron chi connectivity index (χ0n) is 14.2. The van der Waals surface area contributed by atoms with Crippen LogP contribution in [0, 0.1) is 0 Å². The predicted octanol–water partition coefficient (Wildman–Crippen LogP) is 3.11. The molecule has 1 aliphatic heterocycles. The fourth-order valence-corrected chi connectivity index (χ4v) is 3.11. The highest BCUT2D eigenvalue weighted by Gasteiger charge is 2.31. The normalized spacial score (nSPS) is 20.4. The second-order valence-electron chi connectivity index (χ2n) is 6.33. The van der Waals surface area contributed by atoms with Gasteiger partial charge >= 0.3 is 6.09 Å². The van der Waals surface area contributed by atoms with E-state index in [4.69, 9.17) is 4.74 Å². The molecule has 1 heterocycles. The molecule has 5 nitrogen and oxygen atoms in total. The van der Waals surface area contributed by atoms with Crippen LogP contribution in [0.4, 0.5) is 4.79 Å². The van der Waals surface area contributed by atoms with Crippen LogP contribution in [0.25, 0.3) is 0 Å². The molecule has 0 radical (unpaired) electrons. The number of hydrogen-bond acceptors (Lipinski definition) is 3. The molecule has 1 aliphatic rings. The van der Waals surface area contributed by atoms with Crippen molar-refractivity contribution in [1.82, 2.24) is 10.2 Å². The Kier molecular flexibility index (Phi) is 6.04. The molecule has 132 valence electrons. The lowest BCUT2D eigenvalue weighted by atomic mass is 10.0. The minimum absolute atomic E-state index is 0.138. The van der Waals surface area contributed by atoms with E-state index in [1.54, 1.807) is 0 Å². The predicted molar refractivity (Wildman–Crippen MR) is 96.3 cm³/mol. The van der Waals surface area contributed by atoms with Crippen molar-refractivity contribution in [1.29, 1.82) is 0 Å². The Morgan fingerprint density at radius 3 is 2.36 bits per heavy atom. The number of rotatable bonds is 6. The first-order valence-corrected chi connectivity index (χ1v) is 8.63. The fourth-order valence-electron chi connectivity index (χ4n) is 3.11. The van der Waals surface area contributed by atoms with Crippen LogP contribution < -0.4 is 5.32 Å². The molecule has 2 aromatic rings. The van der Waals surface area contributed by atoms with E-state index < -0.39 is 6.09 Å². The highest BCUT2D eigenvalue weighted by molar-refractivity contribution is 5.65. The first-order chi connectivity index (χ1) is 12.2. The average molecular weight is 340 g/mol. The van der Waals surface area contributed by atoms with Gasteiger partial charge in [0.05, 0.1) is 19.3 Å². The summed E-state index contributed by atoms with van der Waals surface area (Å²) in [6.45, 7) is 2.17. The van der Waals surface area contributed by atoms with E-state index in [0.29, 0.717) is 19.7 Å². The van der Waals surface area contributed by atoms with Crippen LogP contribution in [-0.4, -0.2) is 41.3 Å². The van der Waals surface area contributed by atoms with Gasteiger partial charge in [-0.25, -0.2) is 4.79 Å². The molecule has 1 saturated heterocycles. The summed E-state index contributed by atoms with van der Waals surface area (Å²) in [6, 6.07) is 20.3. The van der Waals surface area contributed by atoms with Crippen molar-refractivity contribution in [3.63, 3.8) is 0 Å². The third-order valence-corrected chi connectivity index (χ3v) is 4.55. The van der Waals surface area contributed by atoms with Gasteiger partial charge in [0.15, 0.2) is 0 Å². The number of carbonyl (C=O) groups is 1. The third-order valence-electron chi connectivity index (χ3n) is 4.55. The molecular formula is C20H24N2O3. The summed E-state index contributed by atoms with van der Waals surface area (Å²) < 4.78 is 6.08. The lowest BCUT2D eigenvalue weighted by molar-refractivity contribution is -0.0269. The number of likely N-dealkylation sites (tertiary alicyclic amines) is 1. The van der Waals surface area contributed by atoms with Crippen LogP contribution in [0.1, 0.15) is 17.5 Å². The molecule has 2 N–H and O–H groups in total. The van der Waals surface area contributed by atoms with E-state index >= 15 is 0 Å². The van der Waals surface area contributed by atoms with Gasteiger partial charge < -0.3 is 20.1 Å². The van der Waals surface area contributed by atoms with Gasteiger partial charge in [-0.3, -0.25) is 0 Å². The van der Waals surface area contributed by atoms with Crippen LogP contribution >= 0.6 is 0 Å². The molecule has 5 heteroatoms. The van der Waals surface area contributed by atoms with E-state index in [9.17, 15) is 9.90 Å². The molecular weight excluding hydrogens is 316 g/mol. The number of piperidine rings is 1. The van der Waals surface area contributed by atoms with Gasteiger partial charge in [0.25, 0.3) is 0 Å². The summed E-state index contributed by atoms with van der Waals surface area (Å²) in [5, 5.41) is 12.8. The molecule has 0 bridgehead atoms. The van der Waals surface area contributed by atoms with Crippen LogP contribution in [-0.2, 0) is 17.9 Å². The molecule has 0 spiro atoms. The Morgan fingerprint density at radius 2 is 1.72 bits per heavy atom. The Labute approximate surface area is 148 Å². The summed E-state index contributed by atoms with van der Waals surface area (Å²) in [4.78, 5) is 12.8. The van der Waals surface area contributed by atoms with Crippen molar-refractivity contribution >= 4 is 6.09 Å². The van der Waals surface area contributed by atoms with Gasteiger partial charge in [-0.2, -0.15) is 0 Å². The van der Waals surface area contributed by atoms with Crippen molar-refractivity contribution in [2.24, 2.45) is 0 Å². The number of hydrogen-bond donors (Lipinski definition) is 2. The molecule has 25 heavy (non-hydrogen) atoms. The average Bonchev–Trinajstić information content (AvgIpc) is 2.66. The molecule has 2 aromatic carbocycles. The van der Waals surface area contributed by atoms with Crippen LogP contribution in [0.15, 0.2) is 60.7 Å². The SMILES string of the molecule is O=C(O)N1CC[C@H](NCc2ccccc2)[C@H](OCc2ccccc2)C1. The van der Waals surface area contributed by atoms with Gasteiger partial charge in [0.1, 0.15) is 0 Å². The maximum Gasteiger partial charge on any atom is 0.407 e. The summed E-state index contributed by atoms with van der Waals surface area (Å²) >= 11 is 0. The second-order valence-corrected chi connectivity index (χ2v) is 6.33. The van der Waals surface area contributed by atoms with Gasteiger partial charge in [-0.15, -0.1) is 0 Å². The molecule has 3 rings (SSSR count). The van der Waals surface area contributed by atoms with E-state index in [0.717, 1.165) is 18.5 Å². The van der Waals surface area contributed by atoms with Gasteiger partial charge in [0, 0.05) is 19.1 Å². The fraction of sp³-hybridized carbons (Fsp3) is 0.350. The van der Waals surface area contributed by atoms with E-state index in [-0.39, 0.29) is 12.1 Å². The Bertz CT molecular complexity index is 663. The van der Waals surface area contributed by atoms with Gasteiger partial charge in [-0.1, -0.05) is 60.7 Å². The standard InChI is InChI=1S/C20H24N2O3/c23-20(24)22-12-11-18(21-13-16-7-3-1-4-8-16)19(14-22)25-15-17-9-5-2-6-10-17/h1-10,18-19,21H,11-15H2,(H,23,24)/t18-,19+/m0/s1. The monoisotopic (exact) mass is 340 g/mol. The number of ether oxygens (including phenoxy) is 1. The molecule has 0 unspecified atom stereocenters.